The predicted molar refractivity (Wildman–Crippen MR) is 72.1 cm³/mol. The molecule has 1 aromatic rings. The Hall–Kier alpha value is -1.55. The van der Waals surface area contributed by atoms with Crippen LogP contribution in [0.1, 0.15) is 24.8 Å². The van der Waals surface area contributed by atoms with Crippen molar-refractivity contribution in [2.45, 2.75) is 19.3 Å². The molecule has 5 heteroatoms. The third-order valence-corrected chi connectivity index (χ3v) is 3.78. The number of carbonyl (C=O) groups is 2. The smallest absolute Gasteiger partial charge is 0.308 e. The lowest BCUT2D eigenvalue weighted by Crippen LogP contribution is -2.32. The van der Waals surface area contributed by atoms with Gasteiger partial charge in [0.2, 0.25) is 5.91 Å². The van der Waals surface area contributed by atoms with Crippen LogP contribution < -0.4 is 5.32 Å². The van der Waals surface area contributed by atoms with Crippen molar-refractivity contribution in [3.8, 4) is 0 Å². The topological polar surface area (TPSA) is 66.4 Å². The molecular formula is C14H16ClNO3. The van der Waals surface area contributed by atoms with Crippen LogP contribution in [0.25, 0.3) is 0 Å². The van der Waals surface area contributed by atoms with E-state index >= 15 is 0 Å². The minimum Gasteiger partial charge on any atom is -0.481 e. The van der Waals surface area contributed by atoms with Crippen molar-refractivity contribution in [2.24, 2.45) is 11.8 Å². The number of hydrogen-bond donors (Lipinski definition) is 2. The molecule has 0 aromatic heterocycles. The van der Waals surface area contributed by atoms with Gasteiger partial charge in [-0.2, -0.15) is 0 Å². The lowest BCUT2D eigenvalue weighted by atomic mass is 10.1. The van der Waals surface area contributed by atoms with Crippen LogP contribution in [0.5, 0.6) is 0 Å². The van der Waals surface area contributed by atoms with E-state index in [0.717, 1.165) is 12.0 Å². The molecule has 0 bridgehead atoms. The Bertz CT molecular complexity index is 503. The summed E-state index contributed by atoms with van der Waals surface area (Å²) in [6, 6.07) is 7.51. The van der Waals surface area contributed by atoms with E-state index in [4.69, 9.17) is 16.7 Å². The quantitative estimate of drug-likeness (QED) is 0.870. The van der Waals surface area contributed by atoms with Gasteiger partial charge in [0.05, 0.1) is 5.92 Å². The Morgan fingerprint density at radius 2 is 2.16 bits per heavy atom. The average Bonchev–Trinajstić information content (AvgIpc) is 3.16. The molecule has 1 fully saturated rings. The number of carbonyl (C=O) groups excluding carboxylic acids is 1. The van der Waals surface area contributed by atoms with Crippen molar-refractivity contribution >= 4 is 23.5 Å². The molecule has 3 unspecified atom stereocenters. The highest BCUT2D eigenvalue weighted by Gasteiger charge is 2.44. The molecule has 4 nitrogen and oxygen atoms in total. The SMILES string of the molecule is CC(CNC(=O)C1CC1c1ccccc1Cl)C(=O)O. The first-order valence-corrected chi connectivity index (χ1v) is 6.63. The van der Waals surface area contributed by atoms with E-state index < -0.39 is 11.9 Å². The van der Waals surface area contributed by atoms with Crippen LogP contribution in [0.3, 0.4) is 0 Å². The predicted octanol–water partition coefficient (Wildman–Crippen LogP) is 2.28. The Kier molecular flexibility index (Phi) is 4.10. The minimum atomic E-state index is -0.904. The summed E-state index contributed by atoms with van der Waals surface area (Å²) >= 11 is 6.09. The fraction of sp³-hybridized carbons (Fsp3) is 0.429. The van der Waals surface area contributed by atoms with Crippen molar-refractivity contribution in [2.75, 3.05) is 6.54 Å². The third kappa shape index (κ3) is 3.26. The van der Waals surface area contributed by atoms with Gasteiger partial charge < -0.3 is 10.4 Å². The number of amides is 1. The van der Waals surface area contributed by atoms with E-state index in [0.29, 0.717) is 5.02 Å². The highest BCUT2D eigenvalue weighted by molar-refractivity contribution is 6.31. The lowest BCUT2D eigenvalue weighted by molar-refractivity contribution is -0.141. The summed E-state index contributed by atoms with van der Waals surface area (Å²) in [7, 11) is 0. The highest BCUT2D eigenvalue weighted by Crippen LogP contribution is 2.49. The van der Waals surface area contributed by atoms with E-state index in [2.05, 4.69) is 5.32 Å². The van der Waals surface area contributed by atoms with Gasteiger partial charge >= 0.3 is 5.97 Å². The maximum absolute atomic E-state index is 11.9. The largest absolute Gasteiger partial charge is 0.481 e. The Balaban J connectivity index is 1.88. The van der Waals surface area contributed by atoms with Gasteiger partial charge in [0.15, 0.2) is 0 Å². The molecule has 1 aliphatic carbocycles. The van der Waals surface area contributed by atoms with Crippen LogP contribution in [0.15, 0.2) is 24.3 Å². The third-order valence-electron chi connectivity index (χ3n) is 3.44. The number of aliphatic carboxylic acids is 1. The molecule has 1 saturated carbocycles. The number of hydrogen-bond acceptors (Lipinski definition) is 2. The molecule has 0 heterocycles. The molecule has 102 valence electrons. The van der Waals surface area contributed by atoms with E-state index in [1.165, 1.54) is 0 Å². The summed E-state index contributed by atoms with van der Waals surface area (Å²) in [6.45, 7) is 1.74. The summed E-state index contributed by atoms with van der Waals surface area (Å²) in [5.41, 5.74) is 0.996. The normalized spacial score (nSPS) is 22.6. The second-order valence-electron chi connectivity index (χ2n) is 4.95. The van der Waals surface area contributed by atoms with Crippen molar-refractivity contribution in [3.05, 3.63) is 34.9 Å². The van der Waals surface area contributed by atoms with E-state index in [1.54, 1.807) is 6.92 Å². The van der Waals surface area contributed by atoms with Crippen LogP contribution in [-0.2, 0) is 9.59 Å². The van der Waals surface area contributed by atoms with Crippen LogP contribution in [0.4, 0.5) is 0 Å². The zero-order valence-corrected chi connectivity index (χ0v) is 11.4. The first-order chi connectivity index (χ1) is 9.00. The van der Waals surface area contributed by atoms with Crippen LogP contribution >= 0.6 is 11.6 Å². The first-order valence-electron chi connectivity index (χ1n) is 6.25. The van der Waals surface area contributed by atoms with Crippen molar-refractivity contribution < 1.29 is 14.7 Å². The Labute approximate surface area is 116 Å². The molecular weight excluding hydrogens is 266 g/mol. The van der Waals surface area contributed by atoms with Gasteiger partial charge in [0.1, 0.15) is 0 Å². The second kappa shape index (κ2) is 5.61. The van der Waals surface area contributed by atoms with Gasteiger partial charge in [-0.15, -0.1) is 0 Å². The Morgan fingerprint density at radius 3 is 2.79 bits per heavy atom. The molecule has 1 amide bonds. The summed E-state index contributed by atoms with van der Waals surface area (Å²) in [4.78, 5) is 22.5. The first kappa shape index (κ1) is 13.9. The molecule has 1 aliphatic rings. The van der Waals surface area contributed by atoms with Crippen molar-refractivity contribution in [3.63, 3.8) is 0 Å². The highest BCUT2D eigenvalue weighted by atomic mass is 35.5. The molecule has 3 atom stereocenters. The molecule has 0 aliphatic heterocycles. The maximum atomic E-state index is 11.9. The lowest BCUT2D eigenvalue weighted by Gasteiger charge is -2.08. The molecule has 1 aromatic carbocycles. The summed E-state index contributed by atoms with van der Waals surface area (Å²) in [5, 5.41) is 12.1. The number of nitrogens with one attached hydrogen (secondary N) is 1. The maximum Gasteiger partial charge on any atom is 0.308 e. The molecule has 0 spiro atoms. The van der Waals surface area contributed by atoms with Crippen LogP contribution in [0.2, 0.25) is 5.02 Å². The average molecular weight is 282 g/mol. The standard InChI is InChI=1S/C14H16ClNO3/c1-8(14(18)19)7-16-13(17)11-6-10(11)9-4-2-3-5-12(9)15/h2-5,8,10-11H,6-7H2,1H3,(H,16,17)(H,18,19). The summed E-state index contributed by atoms with van der Waals surface area (Å²) < 4.78 is 0. The van der Waals surface area contributed by atoms with Crippen LogP contribution in [-0.4, -0.2) is 23.5 Å². The van der Waals surface area contributed by atoms with Gasteiger partial charge in [-0.25, -0.2) is 0 Å². The molecule has 19 heavy (non-hydrogen) atoms. The van der Waals surface area contributed by atoms with E-state index in [9.17, 15) is 9.59 Å². The van der Waals surface area contributed by atoms with Crippen molar-refractivity contribution in [1.29, 1.82) is 0 Å². The molecule has 2 rings (SSSR count). The van der Waals surface area contributed by atoms with Crippen LogP contribution in [0, 0.1) is 11.8 Å². The monoisotopic (exact) mass is 281 g/mol. The zero-order chi connectivity index (χ0) is 14.0. The summed E-state index contributed by atoms with van der Waals surface area (Å²) in [5.74, 6) is -1.48. The van der Waals surface area contributed by atoms with Gasteiger partial charge in [-0.1, -0.05) is 36.7 Å². The zero-order valence-electron chi connectivity index (χ0n) is 10.6. The second-order valence-corrected chi connectivity index (χ2v) is 5.36. The molecule has 0 radical (unpaired) electrons. The number of benzene rings is 1. The Morgan fingerprint density at radius 1 is 1.47 bits per heavy atom. The fourth-order valence-corrected chi connectivity index (χ4v) is 2.35. The number of carboxylic acid groups (broad SMARTS) is 1. The minimum absolute atomic E-state index is 0.0825. The van der Waals surface area contributed by atoms with Gasteiger partial charge in [-0.3, -0.25) is 9.59 Å². The van der Waals surface area contributed by atoms with Gasteiger partial charge in [0, 0.05) is 17.5 Å². The molecule has 2 N–H and O–H groups in total. The van der Waals surface area contributed by atoms with Crippen molar-refractivity contribution in [1.82, 2.24) is 5.32 Å². The number of rotatable bonds is 5. The number of halogens is 1. The van der Waals surface area contributed by atoms with Gasteiger partial charge in [-0.05, 0) is 24.0 Å². The van der Waals surface area contributed by atoms with E-state index in [1.807, 2.05) is 24.3 Å². The number of carboxylic acids is 1. The van der Waals surface area contributed by atoms with E-state index in [-0.39, 0.29) is 24.3 Å². The fourth-order valence-electron chi connectivity index (χ4n) is 2.08. The van der Waals surface area contributed by atoms with Gasteiger partial charge in [0.25, 0.3) is 0 Å². The summed E-state index contributed by atoms with van der Waals surface area (Å²) in [6.07, 6.45) is 0.775. The molecule has 0 saturated heterocycles.